The van der Waals surface area contributed by atoms with E-state index >= 15 is 0 Å². The number of carbonyl (C=O) groups is 3. The summed E-state index contributed by atoms with van der Waals surface area (Å²) in [5.74, 6) is -1.57. The second kappa shape index (κ2) is 9.86. The lowest BCUT2D eigenvalue weighted by Crippen LogP contribution is -2.38. The van der Waals surface area contributed by atoms with E-state index in [4.69, 9.17) is 27.9 Å². The fourth-order valence-electron chi connectivity index (χ4n) is 1.45. The number of ether oxygens (including phenoxy) is 1. The third kappa shape index (κ3) is 7.67. The molecule has 0 heterocycles. The summed E-state index contributed by atoms with van der Waals surface area (Å²) in [7, 11) is 0. The summed E-state index contributed by atoms with van der Waals surface area (Å²) >= 11 is 11.6. The average Bonchev–Trinajstić information content (AvgIpc) is 2.52. The number of carbonyl (C=O) groups excluding carboxylic acids is 3. The zero-order chi connectivity index (χ0) is 17.2. The van der Waals surface area contributed by atoms with Crippen molar-refractivity contribution >= 4 is 47.1 Å². The number of likely N-dealkylation sites (N-methyl/N-ethyl adjacent to an activating group) is 1. The zero-order valence-corrected chi connectivity index (χ0v) is 13.9. The molecule has 23 heavy (non-hydrogen) atoms. The monoisotopic (exact) mass is 358 g/mol. The molecular weight excluding hydrogens is 343 g/mol. The van der Waals surface area contributed by atoms with Crippen LogP contribution in [0.25, 0.3) is 6.08 Å². The minimum Gasteiger partial charge on any atom is -0.452 e. The summed E-state index contributed by atoms with van der Waals surface area (Å²) in [4.78, 5) is 34.0. The Labute approximate surface area is 143 Å². The molecule has 1 aromatic rings. The molecule has 0 radical (unpaired) electrons. The number of halogens is 2. The minimum atomic E-state index is -0.691. The number of esters is 1. The number of rotatable bonds is 7. The fourth-order valence-corrected chi connectivity index (χ4v) is 1.76. The Hall–Kier alpha value is -2.05. The summed E-state index contributed by atoms with van der Waals surface area (Å²) in [5.41, 5.74) is 0.664. The molecule has 0 aliphatic heterocycles. The maximum Gasteiger partial charge on any atom is 0.331 e. The molecule has 6 nitrogen and oxygen atoms in total. The molecule has 0 spiro atoms. The van der Waals surface area contributed by atoms with Crippen LogP contribution in [0, 0.1) is 0 Å². The van der Waals surface area contributed by atoms with Crippen molar-refractivity contribution < 1.29 is 19.1 Å². The molecule has 2 N–H and O–H groups in total. The van der Waals surface area contributed by atoms with Crippen LogP contribution in [0.3, 0.4) is 0 Å². The largest absolute Gasteiger partial charge is 0.452 e. The van der Waals surface area contributed by atoms with E-state index in [0.717, 1.165) is 6.08 Å². The van der Waals surface area contributed by atoms with Crippen molar-refractivity contribution in [1.29, 1.82) is 0 Å². The Morgan fingerprint density at radius 2 is 1.87 bits per heavy atom. The highest BCUT2D eigenvalue weighted by molar-refractivity contribution is 6.42. The van der Waals surface area contributed by atoms with Gasteiger partial charge in [0.2, 0.25) is 5.91 Å². The van der Waals surface area contributed by atoms with Crippen LogP contribution < -0.4 is 10.6 Å². The van der Waals surface area contributed by atoms with Gasteiger partial charge in [0.25, 0.3) is 5.91 Å². The molecule has 0 aromatic heterocycles. The van der Waals surface area contributed by atoms with Gasteiger partial charge in [-0.05, 0) is 30.7 Å². The Kier molecular flexibility index (Phi) is 8.15. The van der Waals surface area contributed by atoms with E-state index in [1.165, 1.54) is 6.08 Å². The number of hydrogen-bond acceptors (Lipinski definition) is 4. The van der Waals surface area contributed by atoms with E-state index in [0.29, 0.717) is 22.2 Å². The van der Waals surface area contributed by atoms with E-state index in [1.807, 2.05) is 0 Å². The maximum absolute atomic E-state index is 11.5. The van der Waals surface area contributed by atoms with Crippen LogP contribution in [0.5, 0.6) is 0 Å². The van der Waals surface area contributed by atoms with Gasteiger partial charge in [0.05, 0.1) is 16.6 Å². The van der Waals surface area contributed by atoms with Gasteiger partial charge in [-0.15, -0.1) is 0 Å². The average molecular weight is 359 g/mol. The number of hydrogen-bond donors (Lipinski definition) is 2. The number of benzene rings is 1. The van der Waals surface area contributed by atoms with Gasteiger partial charge >= 0.3 is 5.97 Å². The van der Waals surface area contributed by atoms with Crippen LogP contribution >= 0.6 is 23.2 Å². The maximum atomic E-state index is 11.5. The van der Waals surface area contributed by atoms with Crippen molar-refractivity contribution in [3.63, 3.8) is 0 Å². The Balaban J connectivity index is 2.36. The molecule has 0 bridgehead atoms. The second-order valence-electron chi connectivity index (χ2n) is 4.34. The third-order valence-electron chi connectivity index (χ3n) is 2.52. The van der Waals surface area contributed by atoms with Gasteiger partial charge in [-0.1, -0.05) is 29.3 Å². The first-order valence-electron chi connectivity index (χ1n) is 6.75. The Morgan fingerprint density at radius 1 is 1.13 bits per heavy atom. The molecule has 0 aliphatic rings. The zero-order valence-electron chi connectivity index (χ0n) is 12.4. The highest BCUT2D eigenvalue weighted by Gasteiger charge is 2.07. The van der Waals surface area contributed by atoms with Gasteiger partial charge in [0, 0.05) is 12.6 Å². The van der Waals surface area contributed by atoms with Gasteiger partial charge in [-0.3, -0.25) is 9.59 Å². The first-order chi connectivity index (χ1) is 10.9. The van der Waals surface area contributed by atoms with E-state index in [-0.39, 0.29) is 12.5 Å². The van der Waals surface area contributed by atoms with Crippen molar-refractivity contribution in [2.75, 3.05) is 19.7 Å². The third-order valence-corrected chi connectivity index (χ3v) is 3.26. The Bertz CT molecular complexity index is 617. The lowest BCUT2D eigenvalue weighted by Gasteiger charge is -2.05. The van der Waals surface area contributed by atoms with Crippen molar-refractivity contribution in [3.8, 4) is 0 Å². The predicted octanol–water partition coefficient (Wildman–Crippen LogP) is 1.80. The summed E-state index contributed by atoms with van der Waals surface area (Å²) < 4.78 is 4.74. The van der Waals surface area contributed by atoms with Crippen molar-refractivity contribution in [1.82, 2.24) is 10.6 Å². The number of nitrogens with one attached hydrogen (secondary N) is 2. The van der Waals surface area contributed by atoms with Crippen LogP contribution in [-0.2, 0) is 19.1 Å². The van der Waals surface area contributed by atoms with Crippen molar-refractivity contribution in [2.45, 2.75) is 6.92 Å². The summed E-state index contributed by atoms with van der Waals surface area (Å²) in [6.07, 6.45) is 2.65. The summed E-state index contributed by atoms with van der Waals surface area (Å²) in [6.45, 7) is 1.61. The molecule has 1 rings (SSSR count). The smallest absolute Gasteiger partial charge is 0.331 e. The predicted molar refractivity (Wildman–Crippen MR) is 88.1 cm³/mol. The number of amides is 2. The van der Waals surface area contributed by atoms with E-state index < -0.39 is 18.5 Å². The van der Waals surface area contributed by atoms with Crippen molar-refractivity contribution in [3.05, 3.63) is 39.9 Å². The highest BCUT2D eigenvalue weighted by atomic mass is 35.5. The van der Waals surface area contributed by atoms with Crippen LogP contribution in [0.15, 0.2) is 24.3 Å². The molecular formula is C15H16Cl2N2O4. The van der Waals surface area contributed by atoms with Gasteiger partial charge in [-0.2, -0.15) is 0 Å². The molecule has 8 heteroatoms. The van der Waals surface area contributed by atoms with Crippen LogP contribution in [0.1, 0.15) is 12.5 Å². The fraction of sp³-hybridized carbons (Fsp3) is 0.267. The summed E-state index contributed by atoms with van der Waals surface area (Å²) in [5, 5.41) is 5.63. The molecule has 0 saturated heterocycles. The van der Waals surface area contributed by atoms with E-state index in [9.17, 15) is 14.4 Å². The molecule has 2 amide bonds. The van der Waals surface area contributed by atoms with E-state index in [1.54, 1.807) is 25.1 Å². The summed E-state index contributed by atoms with van der Waals surface area (Å²) in [6, 6.07) is 4.87. The molecule has 0 fully saturated rings. The van der Waals surface area contributed by atoms with Crippen LogP contribution in [0.4, 0.5) is 0 Å². The molecule has 124 valence electrons. The second-order valence-corrected chi connectivity index (χ2v) is 5.16. The van der Waals surface area contributed by atoms with Gasteiger partial charge in [-0.25, -0.2) is 4.79 Å². The van der Waals surface area contributed by atoms with Gasteiger partial charge in [0.15, 0.2) is 6.61 Å². The molecule has 0 saturated carbocycles. The molecule has 1 aromatic carbocycles. The highest BCUT2D eigenvalue weighted by Crippen LogP contribution is 2.23. The Morgan fingerprint density at radius 3 is 2.52 bits per heavy atom. The van der Waals surface area contributed by atoms with Crippen LogP contribution in [0.2, 0.25) is 10.0 Å². The topological polar surface area (TPSA) is 84.5 Å². The van der Waals surface area contributed by atoms with Crippen molar-refractivity contribution in [2.24, 2.45) is 0 Å². The van der Waals surface area contributed by atoms with E-state index in [2.05, 4.69) is 10.6 Å². The molecule has 0 aliphatic carbocycles. The lowest BCUT2D eigenvalue weighted by molar-refractivity contribution is -0.143. The first-order valence-corrected chi connectivity index (χ1v) is 7.51. The normalized spacial score (nSPS) is 10.4. The minimum absolute atomic E-state index is 0.163. The molecule has 0 atom stereocenters. The standard InChI is InChI=1S/C15H16Cl2N2O4/c1-2-18-13(20)8-19-14(21)9-23-15(22)6-4-10-3-5-11(16)12(17)7-10/h3-7H,2,8-9H2,1H3,(H,18,20)(H,19,21)/b6-4+. The van der Waals surface area contributed by atoms with Gasteiger partial charge < -0.3 is 15.4 Å². The van der Waals surface area contributed by atoms with Crippen LogP contribution in [-0.4, -0.2) is 37.5 Å². The SMILES string of the molecule is CCNC(=O)CNC(=O)COC(=O)/C=C/c1ccc(Cl)c(Cl)c1. The van der Waals surface area contributed by atoms with Gasteiger partial charge in [0.1, 0.15) is 0 Å². The first kappa shape index (κ1) is 19.0. The molecule has 0 unspecified atom stereocenters. The lowest BCUT2D eigenvalue weighted by atomic mass is 10.2. The quantitative estimate of drug-likeness (QED) is 0.574.